The fraction of sp³-hybridized carbons (Fsp3) is 0.533. The summed E-state index contributed by atoms with van der Waals surface area (Å²) >= 11 is 0. The van der Waals surface area contributed by atoms with Crippen LogP contribution in [-0.4, -0.2) is 33.2 Å². The number of hydrogen-bond donors (Lipinski definition) is 2. The Hall–Kier alpha value is -1.55. The van der Waals surface area contributed by atoms with Crippen molar-refractivity contribution < 1.29 is 9.53 Å². The quantitative estimate of drug-likeness (QED) is 0.788. The molecule has 1 amide bonds. The lowest BCUT2D eigenvalue weighted by molar-refractivity contribution is -0.121. The van der Waals surface area contributed by atoms with Crippen LogP contribution >= 0.6 is 0 Å². The molecule has 0 aliphatic heterocycles. The van der Waals surface area contributed by atoms with Crippen molar-refractivity contribution in [3.8, 4) is 5.75 Å². The van der Waals surface area contributed by atoms with Gasteiger partial charge in [0.05, 0.1) is 7.11 Å². The second kappa shape index (κ2) is 7.14. The number of rotatable bonds is 7. The van der Waals surface area contributed by atoms with E-state index in [-0.39, 0.29) is 11.3 Å². The standard InChI is InChI=1S/C15H24N2O2/c1-15(2,11-17-14(18)9-10-16-3)12-5-7-13(19-4)8-6-12/h5-8,16H,9-11H2,1-4H3,(H,17,18). The van der Waals surface area contributed by atoms with Crippen LogP contribution in [0.3, 0.4) is 0 Å². The minimum Gasteiger partial charge on any atom is -0.497 e. The maximum absolute atomic E-state index is 11.6. The van der Waals surface area contributed by atoms with Gasteiger partial charge in [-0.25, -0.2) is 0 Å². The molecule has 0 saturated heterocycles. The summed E-state index contributed by atoms with van der Waals surface area (Å²) in [5, 5.41) is 5.94. The molecule has 0 unspecified atom stereocenters. The highest BCUT2D eigenvalue weighted by Gasteiger charge is 2.21. The van der Waals surface area contributed by atoms with Crippen molar-refractivity contribution in [2.24, 2.45) is 0 Å². The van der Waals surface area contributed by atoms with Gasteiger partial charge in [-0.05, 0) is 24.7 Å². The number of benzene rings is 1. The summed E-state index contributed by atoms with van der Waals surface area (Å²) in [6, 6.07) is 7.97. The second-order valence-electron chi connectivity index (χ2n) is 5.24. The summed E-state index contributed by atoms with van der Waals surface area (Å²) in [6.45, 7) is 5.57. The molecule has 2 N–H and O–H groups in total. The minimum atomic E-state index is -0.0957. The van der Waals surface area contributed by atoms with E-state index in [9.17, 15) is 4.79 Å². The van der Waals surface area contributed by atoms with E-state index in [4.69, 9.17) is 4.74 Å². The third kappa shape index (κ3) is 4.91. The van der Waals surface area contributed by atoms with Crippen molar-refractivity contribution in [1.82, 2.24) is 10.6 Å². The fourth-order valence-electron chi connectivity index (χ4n) is 1.79. The van der Waals surface area contributed by atoms with Crippen LogP contribution in [-0.2, 0) is 10.2 Å². The number of amides is 1. The molecule has 0 heterocycles. The van der Waals surface area contributed by atoms with E-state index in [0.717, 1.165) is 5.75 Å². The molecule has 106 valence electrons. The summed E-state index contributed by atoms with van der Waals surface area (Å²) in [5.41, 5.74) is 1.09. The van der Waals surface area contributed by atoms with Crippen molar-refractivity contribution in [3.05, 3.63) is 29.8 Å². The molecule has 1 aromatic carbocycles. The summed E-state index contributed by atoms with van der Waals surface area (Å²) in [4.78, 5) is 11.6. The summed E-state index contributed by atoms with van der Waals surface area (Å²) in [7, 11) is 3.50. The molecule has 19 heavy (non-hydrogen) atoms. The first kappa shape index (κ1) is 15.5. The summed E-state index contributed by atoms with van der Waals surface area (Å²) in [6.07, 6.45) is 0.509. The number of methoxy groups -OCH3 is 1. The lowest BCUT2D eigenvalue weighted by Crippen LogP contribution is -2.37. The molecule has 4 heteroatoms. The SMILES string of the molecule is CNCCC(=O)NCC(C)(C)c1ccc(OC)cc1. The van der Waals surface area contributed by atoms with E-state index in [2.05, 4.69) is 24.5 Å². The van der Waals surface area contributed by atoms with Gasteiger partial charge in [0.15, 0.2) is 0 Å². The predicted octanol–water partition coefficient (Wildman–Crippen LogP) is 1.70. The van der Waals surface area contributed by atoms with Gasteiger partial charge >= 0.3 is 0 Å². The molecule has 4 nitrogen and oxygen atoms in total. The molecule has 0 atom stereocenters. The van der Waals surface area contributed by atoms with E-state index in [1.165, 1.54) is 5.56 Å². The van der Waals surface area contributed by atoms with Gasteiger partial charge < -0.3 is 15.4 Å². The highest BCUT2D eigenvalue weighted by molar-refractivity contribution is 5.76. The van der Waals surface area contributed by atoms with Crippen LogP contribution < -0.4 is 15.4 Å². The zero-order valence-corrected chi connectivity index (χ0v) is 12.2. The van der Waals surface area contributed by atoms with E-state index >= 15 is 0 Å². The number of carbonyl (C=O) groups is 1. The van der Waals surface area contributed by atoms with Gasteiger partial charge in [0.1, 0.15) is 5.75 Å². The van der Waals surface area contributed by atoms with Crippen molar-refractivity contribution in [2.75, 3.05) is 27.2 Å². The first-order valence-electron chi connectivity index (χ1n) is 6.55. The van der Waals surface area contributed by atoms with Crippen LogP contribution in [0.25, 0.3) is 0 Å². The molecule has 1 rings (SSSR count). The third-order valence-corrected chi connectivity index (χ3v) is 3.20. The van der Waals surface area contributed by atoms with Crippen molar-refractivity contribution >= 4 is 5.91 Å². The average Bonchev–Trinajstić information content (AvgIpc) is 2.43. The first-order valence-corrected chi connectivity index (χ1v) is 6.55. The van der Waals surface area contributed by atoms with E-state index < -0.39 is 0 Å². The molecule has 1 aromatic rings. The largest absolute Gasteiger partial charge is 0.497 e. The van der Waals surface area contributed by atoms with Crippen LogP contribution in [0.15, 0.2) is 24.3 Å². The van der Waals surface area contributed by atoms with Gasteiger partial charge in [0, 0.05) is 24.9 Å². The maximum Gasteiger partial charge on any atom is 0.221 e. The Morgan fingerprint density at radius 2 is 1.89 bits per heavy atom. The van der Waals surface area contributed by atoms with Crippen LogP contribution in [0.2, 0.25) is 0 Å². The van der Waals surface area contributed by atoms with Gasteiger partial charge in [-0.3, -0.25) is 4.79 Å². The molecule has 0 aliphatic carbocycles. The van der Waals surface area contributed by atoms with Crippen molar-refractivity contribution in [2.45, 2.75) is 25.7 Å². The van der Waals surface area contributed by atoms with Gasteiger partial charge in [0.25, 0.3) is 0 Å². The zero-order valence-electron chi connectivity index (χ0n) is 12.2. The van der Waals surface area contributed by atoms with Crippen LogP contribution in [0.4, 0.5) is 0 Å². The molecular formula is C15H24N2O2. The Morgan fingerprint density at radius 3 is 2.42 bits per heavy atom. The minimum absolute atomic E-state index is 0.0796. The van der Waals surface area contributed by atoms with Crippen molar-refractivity contribution in [1.29, 1.82) is 0 Å². The Balaban J connectivity index is 2.56. The average molecular weight is 264 g/mol. The Morgan fingerprint density at radius 1 is 1.26 bits per heavy atom. The van der Waals surface area contributed by atoms with Gasteiger partial charge in [-0.2, -0.15) is 0 Å². The Kier molecular flexibility index (Phi) is 5.83. The predicted molar refractivity (Wildman–Crippen MR) is 77.6 cm³/mol. The first-order chi connectivity index (χ1) is 8.99. The number of ether oxygens (including phenoxy) is 1. The fourth-order valence-corrected chi connectivity index (χ4v) is 1.79. The van der Waals surface area contributed by atoms with Crippen LogP contribution in [0, 0.1) is 0 Å². The Bertz CT molecular complexity index is 399. The van der Waals surface area contributed by atoms with Crippen LogP contribution in [0.1, 0.15) is 25.8 Å². The lowest BCUT2D eigenvalue weighted by Gasteiger charge is -2.26. The third-order valence-electron chi connectivity index (χ3n) is 3.20. The van der Waals surface area contributed by atoms with Gasteiger partial charge in [-0.15, -0.1) is 0 Å². The molecule has 0 aromatic heterocycles. The number of hydrogen-bond acceptors (Lipinski definition) is 3. The highest BCUT2D eigenvalue weighted by Crippen LogP contribution is 2.24. The molecule has 0 spiro atoms. The summed E-state index contributed by atoms with van der Waals surface area (Å²) in [5.74, 6) is 0.925. The molecule has 0 aliphatic rings. The smallest absolute Gasteiger partial charge is 0.221 e. The van der Waals surface area contributed by atoms with E-state index in [1.54, 1.807) is 7.11 Å². The zero-order chi connectivity index (χ0) is 14.3. The maximum atomic E-state index is 11.6. The second-order valence-corrected chi connectivity index (χ2v) is 5.24. The number of nitrogens with one attached hydrogen (secondary N) is 2. The molecule has 0 radical (unpaired) electrons. The Labute approximate surface area is 115 Å². The van der Waals surface area contributed by atoms with E-state index in [1.807, 2.05) is 31.3 Å². The van der Waals surface area contributed by atoms with E-state index in [0.29, 0.717) is 19.5 Å². The van der Waals surface area contributed by atoms with Crippen molar-refractivity contribution in [3.63, 3.8) is 0 Å². The molecule has 0 saturated carbocycles. The molecule has 0 fully saturated rings. The summed E-state index contributed by atoms with van der Waals surface area (Å²) < 4.78 is 5.15. The van der Waals surface area contributed by atoms with Crippen LogP contribution in [0.5, 0.6) is 5.75 Å². The normalized spacial score (nSPS) is 11.2. The molecule has 0 bridgehead atoms. The topological polar surface area (TPSA) is 50.4 Å². The van der Waals surface area contributed by atoms with Gasteiger partial charge in [0.2, 0.25) is 5.91 Å². The molecular weight excluding hydrogens is 240 g/mol. The lowest BCUT2D eigenvalue weighted by atomic mass is 9.84. The highest BCUT2D eigenvalue weighted by atomic mass is 16.5. The monoisotopic (exact) mass is 264 g/mol. The number of carbonyl (C=O) groups excluding carboxylic acids is 1. The van der Waals surface area contributed by atoms with Gasteiger partial charge in [-0.1, -0.05) is 26.0 Å².